The Balaban J connectivity index is 2.26. The van der Waals surface area contributed by atoms with Crippen LogP contribution in [-0.4, -0.2) is 7.11 Å². The molecule has 3 heteroatoms. The van der Waals surface area contributed by atoms with Gasteiger partial charge in [0.2, 0.25) is 0 Å². The van der Waals surface area contributed by atoms with Crippen LogP contribution in [0.4, 0.5) is 5.69 Å². The molecule has 0 atom stereocenters. The summed E-state index contributed by atoms with van der Waals surface area (Å²) in [7, 11) is 1.71. The SMILES string of the molecule is CCc1cccc(CC)c1NCc1cc(Br)ccc1OC. The summed E-state index contributed by atoms with van der Waals surface area (Å²) in [6.07, 6.45) is 2.07. The summed E-state index contributed by atoms with van der Waals surface area (Å²) < 4.78 is 6.51. The molecule has 0 heterocycles. The average Bonchev–Trinajstić information content (AvgIpc) is 2.52. The van der Waals surface area contributed by atoms with Crippen LogP contribution >= 0.6 is 15.9 Å². The molecule has 0 aliphatic heterocycles. The van der Waals surface area contributed by atoms with E-state index in [1.165, 1.54) is 16.8 Å². The van der Waals surface area contributed by atoms with Crippen LogP contribution in [0.25, 0.3) is 0 Å². The molecule has 112 valence electrons. The number of benzene rings is 2. The van der Waals surface area contributed by atoms with Crippen molar-refractivity contribution in [3.05, 3.63) is 57.6 Å². The van der Waals surface area contributed by atoms with Crippen LogP contribution in [0.1, 0.15) is 30.5 Å². The first-order chi connectivity index (χ1) is 10.2. The number of anilines is 1. The van der Waals surface area contributed by atoms with E-state index in [4.69, 9.17) is 4.74 Å². The van der Waals surface area contributed by atoms with Crippen LogP contribution < -0.4 is 10.1 Å². The van der Waals surface area contributed by atoms with Gasteiger partial charge in [-0.15, -0.1) is 0 Å². The number of ether oxygens (including phenoxy) is 1. The molecule has 0 aliphatic rings. The fourth-order valence-electron chi connectivity index (χ4n) is 2.54. The molecular formula is C18H22BrNO. The number of methoxy groups -OCH3 is 1. The van der Waals surface area contributed by atoms with Gasteiger partial charge < -0.3 is 10.1 Å². The summed E-state index contributed by atoms with van der Waals surface area (Å²) in [5.74, 6) is 0.915. The van der Waals surface area contributed by atoms with Crippen LogP contribution in [0.15, 0.2) is 40.9 Å². The average molecular weight is 348 g/mol. The standard InChI is InChI=1S/C18H22BrNO/c1-4-13-7-6-8-14(5-2)18(13)20-12-15-11-16(19)9-10-17(15)21-3/h6-11,20H,4-5,12H2,1-3H3. The number of para-hydroxylation sites is 1. The van der Waals surface area contributed by atoms with Gasteiger partial charge in [-0.2, -0.15) is 0 Å². The number of nitrogens with one attached hydrogen (secondary N) is 1. The quantitative estimate of drug-likeness (QED) is 0.775. The highest BCUT2D eigenvalue weighted by Gasteiger charge is 2.08. The molecule has 0 saturated carbocycles. The van der Waals surface area contributed by atoms with Gasteiger partial charge in [-0.1, -0.05) is 48.0 Å². The van der Waals surface area contributed by atoms with Gasteiger partial charge in [0.1, 0.15) is 5.75 Å². The Labute approximate surface area is 135 Å². The molecule has 0 unspecified atom stereocenters. The molecule has 1 N–H and O–H groups in total. The second-order valence-corrected chi connectivity index (χ2v) is 5.88. The zero-order chi connectivity index (χ0) is 15.2. The lowest BCUT2D eigenvalue weighted by Gasteiger charge is -2.17. The summed E-state index contributed by atoms with van der Waals surface area (Å²) >= 11 is 3.52. The lowest BCUT2D eigenvalue weighted by Crippen LogP contribution is -2.06. The van der Waals surface area contributed by atoms with E-state index in [2.05, 4.69) is 59.4 Å². The van der Waals surface area contributed by atoms with E-state index in [9.17, 15) is 0 Å². The van der Waals surface area contributed by atoms with Crippen molar-refractivity contribution in [3.63, 3.8) is 0 Å². The molecule has 0 bridgehead atoms. The van der Waals surface area contributed by atoms with Gasteiger partial charge in [0, 0.05) is 22.3 Å². The number of aryl methyl sites for hydroxylation is 2. The lowest BCUT2D eigenvalue weighted by molar-refractivity contribution is 0.410. The molecule has 0 amide bonds. The highest BCUT2D eigenvalue weighted by atomic mass is 79.9. The van der Waals surface area contributed by atoms with Gasteiger partial charge in [-0.05, 0) is 42.2 Å². The van der Waals surface area contributed by atoms with Crippen molar-refractivity contribution < 1.29 is 4.74 Å². The minimum Gasteiger partial charge on any atom is -0.496 e. The first-order valence-electron chi connectivity index (χ1n) is 7.36. The third-order valence-electron chi connectivity index (χ3n) is 3.70. The molecule has 2 rings (SSSR count). The maximum Gasteiger partial charge on any atom is 0.123 e. The maximum absolute atomic E-state index is 5.44. The van der Waals surface area contributed by atoms with Crippen molar-refractivity contribution >= 4 is 21.6 Å². The molecule has 0 radical (unpaired) electrons. The normalized spacial score (nSPS) is 10.5. The molecule has 0 saturated heterocycles. The number of hydrogen-bond donors (Lipinski definition) is 1. The lowest BCUT2D eigenvalue weighted by atomic mass is 10.0. The molecule has 0 spiro atoms. The Kier molecular flexibility index (Phi) is 5.68. The highest BCUT2D eigenvalue weighted by molar-refractivity contribution is 9.10. The molecule has 0 fully saturated rings. The molecule has 0 aromatic heterocycles. The smallest absolute Gasteiger partial charge is 0.123 e. The Morgan fingerprint density at radius 3 is 2.24 bits per heavy atom. The third kappa shape index (κ3) is 3.79. The monoisotopic (exact) mass is 347 g/mol. The predicted octanol–water partition coefficient (Wildman–Crippen LogP) is 5.19. The van der Waals surface area contributed by atoms with Crippen molar-refractivity contribution in [1.29, 1.82) is 0 Å². The second kappa shape index (κ2) is 7.51. The van der Waals surface area contributed by atoms with Crippen LogP contribution in [0, 0.1) is 0 Å². The largest absolute Gasteiger partial charge is 0.496 e. The van der Waals surface area contributed by atoms with Gasteiger partial charge >= 0.3 is 0 Å². The summed E-state index contributed by atoms with van der Waals surface area (Å²) in [5, 5.41) is 3.60. The fourth-order valence-corrected chi connectivity index (χ4v) is 2.95. The van der Waals surface area contributed by atoms with E-state index >= 15 is 0 Å². The summed E-state index contributed by atoms with van der Waals surface area (Å²) in [6, 6.07) is 12.6. The Morgan fingerprint density at radius 2 is 1.67 bits per heavy atom. The van der Waals surface area contributed by atoms with Gasteiger partial charge in [0.15, 0.2) is 0 Å². The zero-order valence-corrected chi connectivity index (χ0v) is 14.5. The number of halogens is 1. The van der Waals surface area contributed by atoms with E-state index in [-0.39, 0.29) is 0 Å². The van der Waals surface area contributed by atoms with Crippen molar-refractivity contribution in [2.75, 3.05) is 12.4 Å². The van der Waals surface area contributed by atoms with E-state index < -0.39 is 0 Å². The van der Waals surface area contributed by atoms with E-state index in [1.54, 1.807) is 7.11 Å². The first kappa shape index (κ1) is 15.9. The topological polar surface area (TPSA) is 21.3 Å². The number of rotatable bonds is 6. The molecule has 2 aromatic carbocycles. The predicted molar refractivity (Wildman–Crippen MR) is 93.2 cm³/mol. The Bertz CT molecular complexity index is 588. The van der Waals surface area contributed by atoms with Crippen LogP contribution in [0.5, 0.6) is 5.75 Å². The molecular weight excluding hydrogens is 326 g/mol. The minimum atomic E-state index is 0.757. The highest BCUT2D eigenvalue weighted by Crippen LogP contribution is 2.27. The summed E-state index contributed by atoms with van der Waals surface area (Å²) in [5.41, 5.74) is 5.15. The van der Waals surface area contributed by atoms with Gasteiger partial charge in [0.25, 0.3) is 0 Å². The molecule has 2 nitrogen and oxygen atoms in total. The Morgan fingerprint density at radius 1 is 1.00 bits per heavy atom. The van der Waals surface area contributed by atoms with E-state index in [0.29, 0.717) is 0 Å². The van der Waals surface area contributed by atoms with E-state index in [0.717, 1.165) is 35.2 Å². The van der Waals surface area contributed by atoms with Crippen molar-refractivity contribution in [3.8, 4) is 5.75 Å². The summed E-state index contributed by atoms with van der Waals surface area (Å²) in [4.78, 5) is 0. The summed E-state index contributed by atoms with van der Waals surface area (Å²) in [6.45, 7) is 5.14. The molecule has 0 aliphatic carbocycles. The number of hydrogen-bond acceptors (Lipinski definition) is 2. The maximum atomic E-state index is 5.44. The Hall–Kier alpha value is -1.48. The minimum absolute atomic E-state index is 0.757. The van der Waals surface area contributed by atoms with Gasteiger partial charge in [0.05, 0.1) is 7.11 Å². The first-order valence-corrected chi connectivity index (χ1v) is 8.15. The van der Waals surface area contributed by atoms with E-state index in [1.807, 2.05) is 12.1 Å². The molecule has 21 heavy (non-hydrogen) atoms. The van der Waals surface area contributed by atoms with Crippen molar-refractivity contribution in [2.24, 2.45) is 0 Å². The van der Waals surface area contributed by atoms with Crippen molar-refractivity contribution in [1.82, 2.24) is 0 Å². The van der Waals surface area contributed by atoms with Crippen LogP contribution in [-0.2, 0) is 19.4 Å². The van der Waals surface area contributed by atoms with Crippen LogP contribution in [0.3, 0.4) is 0 Å². The molecule has 2 aromatic rings. The van der Waals surface area contributed by atoms with Gasteiger partial charge in [-0.3, -0.25) is 0 Å². The third-order valence-corrected chi connectivity index (χ3v) is 4.19. The van der Waals surface area contributed by atoms with Crippen molar-refractivity contribution in [2.45, 2.75) is 33.2 Å². The zero-order valence-electron chi connectivity index (χ0n) is 12.9. The second-order valence-electron chi connectivity index (χ2n) is 4.97. The van der Waals surface area contributed by atoms with Crippen LogP contribution in [0.2, 0.25) is 0 Å². The fraction of sp³-hybridized carbons (Fsp3) is 0.333. The van der Waals surface area contributed by atoms with Gasteiger partial charge in [-0.25, -0.2) is 0 Å².